The van der Waals surface area contributed by atoms with Gasteiger partial charge in [-0.1, -0.05) is 0 Å². The molecule has 2 rings (SSSR count). The molecule has 7 heteroatoms. The van der Waals surface area contributed by atoms with Crippen molar-refractivity contribution in [2.45, 2.75) is 31.3 Å². The molecular weight excluding hydrogens is 298 g/mol. The van der Waals surface area contributed by atoms with E-state index < -0.39 is 10.8 Å². The van der Waals surface area contributed by atoms with Crippen LogP contribution < -0.4 is 4.90 Å². The number of halogens is 1. The van der Waals surface area contributed by atoms with Gasteiger partial charge in [0.2, 0.25) is 5.28 Å². The first-order valence-electron chi connectivity index (χ1n) is 6.67. The molecule has 1 atom stereocenters. The van der Waals surface area contributed by atoms with E-state index in [1.807, 2.05) is 26.8 Å². The van der Waals surface area contributed by atoms with E-state index in [2.05, 4.69) is 14.9 Å². The summed E-state index contributed by atoms with van der Waals surface area (Å²) >= 11 is 5.99. The molecule has 1 unspecified atom stereocenters. The van der Waals surface area contributed by atoms with Crippen molar-refractivity contribution in [2.24, 2.45) is 0 Å². The average molecular weight is 319 g/mol. The van der Waals surface area contributed by atoms with Gasteiger partial charge in [-0.25, -0.2) is 9.97 Å². The number of nitrogens with zero attached hydrogens (tertiary/aromatic N) is 3. The van der Waals surface area contributed by atoms with Crippen molar-refractivity contribution in [3.05, 3.63) is 17.0 Å². The van der Waals surface area contributed by atoms with Crippen molar-refractivity contribution >= 4 is 28.2 Å². The summed E-state index contributed by atoms with van der Waals surface area (Å²) in [6.45, 7) is 8.86. The maximum Gasteiger partial charge on any atom is 0.224 e. The Bertz CT molecular complexity index is 499. The lowest BCUT2D eigenvalue weighted by molar-refractivity contribution is 0.122. The quantitative estimate of drug-likeness (QED) is 0.484. The Morgan fingerprint density at radius 2 is 2.00 bits per heavy atom. The molecule has 0 spiro atoms. The number of thiol groups is 1. The zero-order valence-corrected chi connectivity index (χ0v) is 13.7. The molecule has 1 aromatic rings. The van der Waals surface area contributed by atoms with Crippen LogP contribution in [0.3, 0.4) is 0 Å². The molecule has 1 fully saturated rings. The van der Waals surface area contributed by atoms with E-state index in [4.69, 9.17) is 16.3 Å². The van der Waals surface area contributed by atoms with Gasteiger partial charge in [0.25, 0.3) is 0 Å². The minimum atomic E-state index is -1.38. The second-order valence-corrected chi connectivity index (χ2v) is 8.55. The Hall–Kier alpha value is -0.720. The lowest BCUT2D eigenvalue weighted by atomic mass is 10.3. The third-order valence-corrected chi connectivity index (χ3v) is 5.40. The van der Waals surface area contributed by atoms with Crippen molar-refractivity contribution in [3.8, 4) is 0 Å². The fourth-order valence-corrected chi connectivity index (χ4v) is 3.00. The molecule has 1 saturated heterocycles. The second-order valence-electron chi connectivity index (χ2n) is 5.79. The van der Waals surface area contributed by atoms with Gasteiger partial charge in [-0.15, -0.1) is 4.21 Å². The third kappa shape index (κ3) is 4.14. The SMILES string of the molecule is CC(C)(C)[SH+](=O)Cc1cc(N2CCOCC2)nc(Cl)n1. The van der Waals surface area contributed by atoms with E-state index in [0.29, 0.717) is 19.0 Å². The highest BCUT2D eigenvalue weighted by atomic mass is 35.5. The Labute approximate surface area is 127 Å². The molecule has 0 bridgehead atoms. The van der Waals surface area contributed by atoms with Crippen molar-refractivity contribution in [1.29, 1.82) is 0 Å². The summed E-state index contributed by atoms with van der Waals surface area (Å²) in [6, 6.07) is 1.89. The number of hydrogen-bond donors (Lipinski definition) is 0. The summed E-state index contributed by atoms with van der Waals surface area (Å²) in [7, 11) is -1.38. The van der Waals surface area contributed by atoms with E-state index >= 15 is 0 Å². The summed E-state index contributed by atoms with van der Waals surface area (Å²) in [4.78, 5) is 10.6. The number of anilines is 1. The summed E-state index contributed by atoms with van der Waals surface area (Å²) in [5, 5.41) is 0.210. The van der Waals surface area contributed by atoms with Crippen molar-refractivity contribution in [1.82, 2.24) is 9.97 Å². The van der Waals surface area contributed by atoms with E-state index in [-0.39, 0.29) is 10.0 Å². The van der Waals surface area contributed by atoms with Crippen molar-refractivity contribution in [2.75, 3.05) is 31.2 Å². The minimum Gasteiger partial charge on any atom is -0.378 e. The van der Waals surface area contributed by atoms with E-state index in [0.717, 1.165) is 24.6 Å². The summed E-state index contributed by atoms with van der Waals surface area (Å²) in [5.41, 5.74) is 0.738. The monoisotopic (exact) mass is 318 g/mol. The topological polar surface area (TPSA) is 55.3 Å². The minimum absolute atomic E-state index is 0.210. The largest absolute Gasteiger partial charge is 0.378 e. The molecule has 1 aliphatic rings. The van der Waals surface area contributed by atoms with Gasteiger partial charge in [-0.05, 0) is 32.4 Å². The van der Waals surface area contributed by atoms with Crippen LogP contribution in [0.15, 0.2) is 6.07 Å². The van der Waals surface area contributed by atoms with Crippen LogP contribution in [-0.4, -0.2) is 41.0 Å². The molecule has 0 saturated carbocycles. The maximum absolute atomic E-state index is 12.2. The standard InChI is InChI=1S/C13H20ClN3O2S/c1-13(2,3)20(18)9-10-8-11(16-12(14)15-10)17-4-6-19-7-5-17/h8H,4-7,9H2,1-3H3/p+1. The van der Waals surface area contributed by atoms with E-state index in [1.54, 1.807) is 0 Å². The summed E-state index contributed by atoms with van der Waals surface area (Å²) in [6.07, 6.45) is 0. The lowest BCUT2D eigenvalue weighted by Crippen LogP contribution is -2.37. The smallest absolute Gasteiger partial charge is 0.224 e. The summed E-state index contributed by atoms with van der Waals surface area (Å²) < 4.78 is 17.3. The molecule has 112 valence electrons. The molecule has 0 radical (unpaired) electrons. The highest BCUT2D eigenvalue weighted by Crippen LogP contribution is 2.20. The van der Waals surface area contributed by atoms with Crippen LogP contribution in [0.5, 0.6) is 0 Å². The van der Waals surface area contributed by atoms with Gasteiger partial charge in [-0.2, -0.15) is 0 Å². The van der Waals surface area contributed by atoms with Crippen LogP contribution in [0.4, 0.5) is 5.82 Å². The first kappa shape index (κ1) is 15.7. The first-order chi connectivity index (χ1) is 9.36. The highest BCUT2D eigenvalue weighted by Gasteiger charge is 2.27. The molecule has 0 N–H and O–H groups in total. The highest BCUT2D eigenvalue weighted by molar-refractivity contribution is 7.85. The zero-order valence-electron chi connectivity index (χ0n) is 12.1. The number of morpholine rings is 1. The van der Waals surface area contributed by atoms with Crippen LogP contribution in [0.2, 0.25) is 5.28 Å². The van der Waals surface area contributed by atoms with E-state index in [1.165, 1.54) is 0 Å². The van der Waals surface area contributed by atoms with Crippen LogP contribution in [-0.2, 0) is 25.5 Å². The van der Waals surface area contributed by atoms with Gasteiger partial charge >= 0.3 is 0 Å². The fraction of sp³-hybridized carbons (Fsp3) is 0.692. The molecule has 20 heavy (non-hydrogen) atoms. The molecule has 0 amide bonds. The van der Waals surface area contributed by atoms with Gasteiger partial charge < -0.3 is 9.64 Å². The normalized spacial score (nSPS) is 18.1. The summed E-state index contributed by atoms with van der Waals surface area (Å²) in [5.74, 6) is 1.22. The fourth-order valence-electron chi connectivity index (χ4n) is 1.87. The third-order valence-electron chi connectivity index (χ3n) is 3.13. The molecule has 1 aromatic heterocycles. The van der Waals surface area contributed by atoms with Gasteiger partial charge in [-0.3, -0.25) is 0 Å². The Morgan fingerprint density at radius 3 is 2.60 bits per heavy atom. The number of ether oxygens (including phenoxy) is 1. The maximum atomic E-state index is 12.2. The number of aromatic nitrogens is 2. The second kappa shape index (κ2) is 6.37. The first-order valence-corrected chi connectivity index (χ1v) is 8.49. The Kier molecular flexibility index (Phi) is 4.99. The predicted octanol–water partition coefficient (Wildman–Crippen LogP) is 1.96. The predicted molar refractivity (Wildman–Crippen MR) is 83.0 cm³/mol. The van der Waals surface area contributed by atoms with Crippen molar-refractivity contribution < 1.29 is 8.95 Å². The number of hydrogen-bond acceptors (Lipinski definition) is 5. The average Bonchev–Trinajstić information content (AvgIpc) is 2.38. The van der Waals surface area contributed by atoms with Crippen LogP contribution in [0.1, 0.15) is 26.5 Å². The van der Waals surface area contributed by atoms with Crippen molar-refractivity contribution in [3.63, 3.8) is 0 Å². The van der Waals surface area contributed by atoms with Gasteiger partial charge in [0, 0.05) is 19.2 Å². The zero-order chi connectivity index (χ0) is 14.8. The molecule has 2 heterocycles. The van der Waals surface area contributed by atoms with Gasteiger partial charge in [0.15, 0.2) is 5.75 Å². The Balaban J connectivity index is 2.18. The van der Waals surface area contributed by atoms with E-state index in [9.17, 15) is 4.21 Å². The van der Waals surface area contributed by atoms with Crippen LogP contribution in [0, 0.1) is 0 Å². The lowest BCUT2D eigenvalue weighted by Gasteiger charge is -2.27. The van der Waals surface area contributed by atoms with Crippen LogP contribution >= 0.6 is 11.6 Å². The van der Waals surface area contributed by atoms with Gasteiger partial charge in [0.1, 0.15) is 10.6 Å². The molecule has 5 nitrogen and oxygen atoms in total. The molecular formula is C13H21ClN3O2S+. The van der Waals surface area contributed by atoms with Crippen LogP contribution in [0.25, 0.3) is 0 Å². The molecule has 1 aliphatic heterocycles. The van der Waals surface area contributed by atoms with Gasteiger partial charge in [0.05, 0.1) is 29.7 Å². The molecule has 0 aromatic carbocycles. The number of rotatable bonds is 3. The molecule has 0 aliphatic carbocycles. The Morgan fingerprint density at radius 1 is 1.35 bits per heavy atom.